The summed E-state index contributed by atoms with van der Waals surface area (Å²) in [7, 11) is 1.95. The molecule has 6 nitrogen and oxygen atoms in total. The molecular weight excluding hydrogens is 613 g/mol. The summed E-state index contributed by atoms with van der Waals surface area (Å²) in [5.74, 6) is -2.06. The summed E-state index contributed by atoms with van der Waals surface area (Å²) < 4.78 is 51.9. The van der Waals surface area contributed by atoms with Crippen molar-refractivity contribution in [1.82, 2.24) is 9.88 Å². The lowest BCUT2D eigenvalue weighted by Crippen LogP contribution is -2.37. The maximum Gasteiger partial charge on any atom is 0.426 e. The number of amides is 1. The Morgan fingerprint density at radius 2 is 1.85 bits per heavy atom. The Kier molecular flexibility index (Phi) is 10.0. The van der Waals surface area contributed by atoms with Crippen LogP contribution < -0.4 is 9.62 Å². The zero-order valence-electron chi connectivity index (χ0n) is 22.9. The Hall–Kier alpha value is -2.28. The molecule has 0 fully saturated rings. The van der Waals surface area contributed by atoms with Gasteiger partial charge < -0.3 is 10.1 Å². The number of aromatic nitrogens is 1. The molecule has 0 atom stereocenters. The van der Waals surface area contributed by atoms with Crippen molar-refractivity contribution in [3.63, 3.8) is 0 Å². The fourth-order valence-electron chi connectivity index (χ4n) is 3.30. The van der Waals surface area contributed by atoms with Gasteiger partial charge in [-0.2, -0.15) is 4.31 Å². The Balaban J connectivity index is 1.87. The summed E-state index contributed by atoms with van der Waals surface area (Å²) in [4.78, 5) is 18.6. The van der Waals surface area contributed by atoms with Crippen molar-refractivity contribution in [3.05, 3.63) is 68.2 Å². The minimum atomic E-state index is -0.924. The van der Waals surface area contributed by atoms with E-state index in [1.165, 1.54) is 22.9 Å². The summed E-state index contributed by atoms with van der Waals surface area (Å²) in [6, 6.07) is 5.94. The van der Waals surface area contributed by atoms with E-state index in [0.717, 1.165) is 15.9 Å². The largest absolute Gasteiger partial charge is 0.443 e. The van der Waals surface area contributed by atoms with Crippen LogP contribution >= 0.6 is 39.2 Å². The van der Waals surface area contributed by atoms with Crippen molar-refractivity contribution in [3.8, 4) is 0 Å². The third kappa shape index (κ3) is 8.12. The molecule has 0 spiro atoms. The summed E-state index contributed by atoms with van der Waals surface area (Å²) in [6.07, 6.45) is -0.817. The second kappa shape index (κ2) is 12.5. The first-order valence-electron chi connectivity index (χ1n) is 12.1. The van der Waals surface area contributed by atoms with Gasteiger partial charge in [-0.1, -0.05) is 12.1 Å². The smallest absolute Gasteiger partial charge is 0.426 e. The predicted molar refractivity (Wildman–Crippen MR) is 156 cm³/mol. The Morgan fingerprint density at radius 3 is 2.44 bits per heavy atom. The number of carbonyl (C=O) groups is 1. The van der Waals surface area contributed by atoms with Crippen molar-refractivity contribution < 1.29 is 22.7 Å². The van der Waals surface area contributed by atoms with Crippen molar-refractivity contribution in [2.24, 2.45) is 0 Å². The molecule has 12 heteroatoms. The van der Waals surface area contributed by atoms with Gasteiger partial charge in [-0.3, -0.25) is 4.90 Å². The molecule has 0 aliphatic rings. The highest BCUT2D eigenvalue weighted by Crippen LogP contribution is 2.39. The molecule has 3 rings (SSSR count). The first-order chi connectivity index (χ1) is 18.1. The van der Waals surface area contributed by atoms with E-state index in [4.69, 9.17) is 4.74 Å². The molecule has 0 saturated carbocycles. The summed E-state index contributed by atoms with van der Waals surface area (Å²) >= 11 is 4.95. The minimum Gasteiger partial charge on any atom is -0.443 e. The van der Waals surface area contributed by atoms with Gasteiger partial charge in [-0.25, -0.2) is 22.9 Å². The summed E-state index contributed by atoms with van der Waals surface area (Å²) in [5.41, 5.74) is 1.81. The first kappa shape index (κ1) is 31.3. The molecule has 1 aromatic heterocycles. The highest BCUT2D eigenvalue weighted by molar-refractivity contribution is 9.10. The number of carbonyl (C=O) groups excluding carboxylic acids is 1. The monoisotopic (exact) mass is 644 g/mol. The number of nitrogens with zero attached hydrogens (tertiary/aromatic N) is 3. The van der Waals surface area contributed by atoms with Crippen LogP contribution in [-0.4, -0.2) is 34.2 Å². The van der Waals surface area contributed by atoms with Gasteiger partial charge in [0, 0.05) is 41.5 Å². The molecule has 0 aliphatic heterocycles. The van der Waals surface area contributed by atoms with Gasteiger partial charge in [0.25, 0.3) is 0 Å². The van der Waals surface area contributed by atoms with E-state index < -0.39 is 34.0 Å². The fourth-order valence-corrected chi connectivity index (χ4v) is 5.28. The van der Waals surface area contributed by atoms with Crippen molar-refractivity contribution in [2.45, 2.75) is 70.7 Å². The number of hydrogen-bond donors (Lipinski definition) is 1. The third-order valence-electron chi connectivity index (χ3n) is 5.71. The van der Waals surface area contributed by atoms with Crippen molar-refractivity contribution >= 4 is 56.8 Å². The SMILES string of the molecule is CN(Cc1cccc(F)c1CNc1cc(F)c(SN(C(=O)OC(C)(C)C)c2cscn2)c(F)c1Br)C(C)(C)C. The van der Waals surface area contributed by atoms with E-state index in [-0.39, 0.29) is 28.1 Å². The number of hydrogen-bond acceptors (Lipinski definition) is 7. The molecule has 212 valence electrons. The molecule has 1 amide bonds. The lowest BCUT2D eigenvalue weighted by atomic mass is 10.0. The number of anilines is 2. The maximum absolute atomic E-state index is 15.5. The fraction of sp³-hybridized carbons (Fsp3) is 0.407. The predicted octanol–water partition coefficient (Wildman–Crippen LogP) is 8.61. The summed E-state index contributed by atoms with van der Waals surface area (Å²) in [6.45, 7) is 11.8. The van der Waals surface area contributed by atoms with Gasteiger partial charge in [0.05, 0.1) is 15.7 Å². The van der Waals surface area contributed by atoms with Crippen LogP contribution in [0, 0.1) is 17.5 Å². The molecule has 2 aromatic carbocycles. The van der Waals surface area contributed by atoms with E-state index in [0.29, 0.717) is 24.1 Å². The van der Waals surface area contributed by atoms with Gasteiger partial charge >= 0.3 is 6.09 Å². The molecule has 1 N–H and O–H groups in total. The minimum absolute atomic E-state index is 0.00676. The molecule has 1 heterocycles. The third-order valence-corrected chi connectivity index (χ3v) is 8.13. The van der Waals surface area contributed by atoms with Crippen LogP contribution in [0.15, 0.2) is 44.5 Å². The number of halogens is 4. The molecule has 0 saturated heterocycles. The quantitative estimate of drug-likeness (QED) is 0.196. The van der Waals surface area contributed by atoms with Crippen LogP contribution in [0.2, 0.25) is 0 Å². The maximum atomic E-state index is 15.5. The van der Waals surface area contributed by atoms with E-state index >= 15 is 8.78 Å². The van der Waals surface area contributed by atoms with Crippen LogP contribution in [0.4, 0.5) is 29.5 Å². The average molecular weight is 646 g/mol. The highest BCUT2D eigenvalue weighted by Gasteiger charge is 2.29. The Bertz CT molecular complexity index is 1310. The van der Waals surface area contributed by atoms with E-state index in [1.807, 2.05) is 13.1 Å². The molecule has 0 bridgehead atoms. The highest BCUT2D eigenvalue weighted by atomic mass is 79.9. The lowest BCUT2D eigenvalue weighted by molar-refractivity contribution is 0.0611. The lowest BCUT2D eigenvalue weighted by Gasteiger charge is -2.32. The standard InChI is InChI=1S/C27H32BrF3N4O2S2/c1-26(2,3)34(7)13-16-9-8-10-18(29)17(16)12-32-20-11-19(30)24(23(31)22(20)28)39-35(21-14-38-15-33-21)25(36)37-27(4,5)6/h8-11,14-15,32H,12-13H2,1-7H3. The van der Waals surface area contributed by atoms with Crippen LogP contribution in [0.3, 0.4) is 0 Å². The molecule has 3 aromatic rings. The second-order valence-corrected chi connectivity index (χ2v) is 13.3. The molecular formula is C27H32BrF3N4O2S2. The van der Waals surface area contributed by atoms with Gasteiger partial charge in [-0.05, 0) is 82.2 Å². The van der Waals surface area contributed by atoms with Crippen molar-refractivity contribution in [2.75, 3.05) is 16.7 Å². The zero-order valence-corrected chi connectivity index (χ0v) is 26.1. The molecule has 0 radical (unpaired) electrons. The van der Waals surface area contributed by atoms with E-state index in [2.05, 4.69) is 51.9 Å². The number of benzene rings is 2. The Morgan fingerprint density at radius 1 is 1.15 bits per heavy atom. The zero-order chi connectivity index (χ0) is 29.1. The molecule has 39 heavy (non-hydrogen) atoms. The van der Waals surface area contributed by atoms with Crippen LogP contribution in [-0.2, 0) is 17.8 Å². The van der Waals surface area contributed by atoms with Crippen molar-refractivity contribution in [1.29, 1.82) is 0 Å². The van der Waals surface area contributed by atoms with Gasteiger partial charge in [-0.15, -0.1) is 11.3 Å². The molecule has 0 aliphatic carbocycles. The topological polar surface area (TPSA) is 57.7 Å². The number of ether oxygens (including phenoxy) is 1. The van der Waals surface area contributed by atoms with Crippen LogP contribution in [0.25, 0.3) is 0 Å². The number of thiazole rings is 1. The van der Waals surface area contributed by atoms with Gasteiger partial charge in [0.1, 0.15) is 22.1 Å². The van der Waals surface area contributed by atoms with E-state index in [9.17, 15) is 9.18 Å². The number of rotatable bonds is 8. The molecule has 0 unspecified atom stereocenters. The normalized spacial score (nSPS) is 12.1. The van der Waals surface area contributed by atoms with Gasteiger partial charge in [0.15, 0.2) is 11.6 Å². The first-order valence-corrected chi connectivity index (χ1v) is 14.6. The van der Waals surface area contributed by atoms with Crippen LogP contribution in [0.1, 0.15) is 52.7 Å². The average Bonchev–Trinajstić information content (AvgIpc) is 3.34. The van der Waals surface area contributed by atoms with Crippen LogP contribution in [0.5, 0.6) is 0 Å². The summed E-state index contributed by atoms with van der Waals surface area (Å²) in [5, 5.41) is 4.53. The number of nitrogens with one attached hydrogen (secondary N) is 1. The Labute approximate surface area is 244 Å². The van der Waals surface area contributed by atoms with Gasteiger partial charge in [0.2, 0.25) is 0 Å². The van der Waals surface area contributed by atoms with E-state index in [1.54, 1.807) is 32.2 Å². The second-order valence-electron chi connectivity index (χ2n) is 10.8.